The lowest BCUT2D eigenvalue weighted by Crippen LogP contribution is -1.97. The zero-order valence-electron chi connectivity index (χ0n) is 11.0. The highest BCUT2D eigenvalue weighted by Crippen LogP contribution is 2.21. The predicted octanol–water partition coefficient (Wildman–Crippen LogP) is 3.70. The molecule has 0 saturated carbocycles. The molecule has 1 N–H and O–H groups in total. The van der Waals surface area contributed by atoms with Gasteiger partial charge in [-0.3, -0.25) is 5.10 Å². The van der Waals surface area contributed by atoms with Crippen LogP contribution in [-0.2, 0) is 0 Å². The predicted molar refractivity (Wildman–Crippen MR) is 72.8 cm³/mol. The van der Waals surface area contributed by atoms with Crippen LogP contribution in [0.25, 0.3) is 11.0 Å². The fourth-order valence-corrected chi connectivity index (χ4v) is 2.03. The summed E-state index contributed by atoms with van der Waals surface area (Å²) in [5, 5.41) is 10.7. The molecular formula is C14H21N3O. The summed E-state index contributed by atoms with van der Waals surface area (Å²) in [4.78, 5) is 0. The van der Waals surface area contributed by atoms with Crippen molar-refractivity contribution in [3.05, 3.63) is 18.2 Å². The Hall–Kier alpha value is -1.58. The van der Waals surface area contributed by atoms with E-state index in [0.29, 0.717) is 0 Å². The number of ether oxygens (including phenoxy) is 1. The number of unbranched alkanes of at least 4 members (excludes halogenated alkanes) is 5. The Balaban J connectivity index is 1.72. The van der Waals surface area contributed by atoms with Gasteiger partial charge in [-0.1, -0.05) is 50.3 Å². The molecule has 0 aliphatic heterocycles. The fraction of sp³-hybridized carbons (Fsp3) is 0.571. The van der Waals surface area contributed by atoms with Crippen molar-refractivity contribution in [2.45, 2.75) is 45.4 Å². The molecule has 0 spiro atoms. The van der Waals surface area contributed by atoms with Gasteiger partial charge in [-0.25, -0.2) is 0 Å². The summed E-state index contributed by atoms with van der Waals surface area (Å²) in [5.74, 6) is 0.829. The maximum absolute atomic E-state index is 5.76. The number of H-pyrrole nitrogens is 1. The third-order valence-corrected chi connectivity index (χ3v) is 3.07. The smallest absolute Gasteiger partial charge is 0.154 e. The van der Waals surface area contributed by atoms with Crippen LogP contribution in [0.4, 0.5) is 0 Å². The summed E-state index contributed by atoms with van der Waals surface area (Å²) in [7, 11) is 0. The first kappa shape index (κ1) is 12.9. The minimum Gasteiger partial charge on any atom is -0.491 e. The van der Waals surface area contributed by atoms with E-state index in [2.05, 4.69) is 22.3 Å². The molecule has 1 aromatic carbocycles. The van der Waals surface area contributed by atoms with E-state index in [1.807, 2.05) is 18.2 Å². The summed E-state index contributed by atoms with van der Waals surface area (Å²) >= 11 is 0. The highest BCUT2D eigenvalue weighted by molar-refractivity contribution is 5.80. The maximum Gasteiger partial charge on any atom is 0.154 e. The maximum atomic E-state index is 5.76. The third-order valence-electron chi connectivity index (χ3n) is 3.07. The van der Waals surface area contributed by atoms with Crippen LogP contribution in [0.1, 0.15) is 45.4 Å². The Morgan fingerprint density at radius 3 is 2.83 bits per heavy atom. The summed E-state index contributed by atoms with van der Waals surface area (Å²) < 4.78 is 5.76. The second-order valence-electron chi connectivity index (χ2n) is 4.58. The molecule has 98 valence electrons. The molecule has 18 heavy (non-hydrogen) atoms. The Bertz CT molecular complexity index is 467. The molecule has 4 heteroatoms. The minimum absolute atomic E-state index is 0.762. The third kappa shape index (κ3) is 3.45. The number of benzene rings is 1. The Morgan fingerprint density at radius 2 is 1.94 bits per heavy atom. The van der Waals surface area contributed by atoms with E-state index in [4.69, 9.17) is 4.74 Å². The highest BCUT2D eigenvalue weighted by Gasteiger charge is 2.04. The van der Waals surface area contributed by atoms with Gasteiger partial charge in [-0.2, -0.15) is 0 Å². The van der Waals surface area contributed by atoms with Crippen LogP contribution in [0, 0.1) is 0 Å². The van der Waals surface area contributed by atoms with Gasteiger partial charge in [0.05, 0.1) is 12.1 Å². The quantitative estimate of drug-likeness (QED) is 0.724. The molecule has 0 aliphatic carbocycles. The van der Waals surface area contributed by atoms with Gasteiger partial charge in [0.15, 0.2) is 5.52 Å². The van der Waals surface area contributed by atoms with Crippen LogP contribution in [-0.4, -0.2) is 22.0 Å². The van der Waals surface area contributed by atoms with Crippen molar-refractivity contribution < 1.29 is 4.74 Å². The molecule has 0 unspecified atom stereocenters. The molecule has 0 aliphatic rings. The summed E-state index contributed by atoms with van der Waals surface area (Å²) in [6.45, 7) is 3.00. The van der Waals surface area contributed by atoms with Crippen molar-refractivity contribution in [3.8, 4) is 5.75 Å². The van der Waals surface area contributed by atoms with E-state index in [-0.39, 0.29) is 0 Å². The van der Waals surface area contributed by atoms with Gasteiger partial charge in [-0.15, -0.1) is 5.10 Å². The van der Waals surface area contributed by atoms with Crippen molar-refractivity contribution in [1.29, 1.82) is 0 Å². The Labute approximate surface area is 108 Å². The molecule has 0 bridgehead atoms. The number of nitrogens with one attached hydrogen (secondary N) is 1. The zero-order valence-corrected chi connectivity index (χ0v) is 11.0. The SMILES string of the molecule is CCCCCCCCOc1cccc2[nH]nnc12. The van der Waals surface area contributed by atoms with Gasteiger partial charge in [0.1, 0.15) is 5.75 Å². The fourth-order valence-electron chi connectivity index (χ4n) is 2.03. The topological polar surface area (TPSA) is 50.8 Å². The summed E-state index contributed by atoms with van der Waals surface area (Å²) in [6, 6.07) is 5.85. The zero-order chi connectivity index (χ0) is 12.6. The van der Waals surface area contributed by atoms with Crippen molar-refractivity contribution in [3.63, 3.8) is 0 Å². The van der Waals surface area contributed by atoms with Crippen molar-refractivity contribution in [2.24, 2.45) is 0 Å². The van der Waals surface area contributed by atoms with Gasteiger partial charge >= 0.3 is 0 Å². The molecule has 1 heterocycles. The van der Waals surface area contributed by atoms with E-state index < -0.39 is 0 Å². The number of nitrogens with zero attached hydrogens (tertiary/aromatic N) is 2. The summed E-state index contributed by atoms with van der Waals surface area (Å²) in [6.07, 6.45) is 7.65. The van der Waals surface area contributed by atoms with Crippen LogP contribution < -0.4 is 4.74 Å². The summed E-state index contributed by atoms with van der Waals surface area (Å²) in [5.41, 5.74) is 1.75. The number of aromatic amines is 1. The van der Waals surface area contributed by atoms with Crippen LogP contribution in [0.2, 0.25) is 0 Å². The monoisotopic (exact) mass is 247 g/mol. The lowest BCUT2D eigenvalue weighted by molar-refractivity contribution is 0.307. The van der Waals surface area contributed by atoms with E-state index in [1.165, 1.54) is 32.1 Å². The lowest BCUT2D eigenvalue weighted by atomic mass is 10.1. The van der Waals surface area contributed by atoms with Gasteiger partial charge in [0, 0.05) is 0 Å². The Morgan fingerprint density at radius 1 is 1.11 bits per heavy atom. The number of hydrogen-bond acceptors (Lipinski definition) is 3. The number of hydrogen-bond donors (Lipinski definition) is 1. The second-order valence-corrected chi connectivity index (χ2v) is 4.58. The molecule has 1 aromatic heterocycles. The van der Waals surface area contributed by atoms with Gasteiger partial charge in [0.25, 0.3) is 0 Å². The van der Waals surface area contributed by atoms with E-state index in [1.54, 1.807) is 0 Å². The van der Waals surface area contributed by atoms with Gasteiger partial charge in [0.2, 0.25) is 0 Å². The molecule has 0 radical (unpaired) electrons. The number of aromatic nitrogens is 3. The number of rotatable bonds is 8. The molecule has 4 nitrogen and oxygen atoms in total. The largest absolute Gasteiger partial charge is 0.491 e. The molecule has 0 amide bonds. The molecule has 0 atom stereocenters. The average Bonchev–Trinajstić information content (AvgIpc) is 2.86. The van der Waals surface area contributed by atoms with Gasteiger partial charge in [-0.05, 0) is 18.6 Å². The average molecular weight is 247 g/mol. The van der Waals surface area contributed by atoms with Crippen molar-refractivity contribution >= 4 is 11.0 Å². The normalized spacial score (nSPS) is 10.9. The van der Waals surface area contributed by atoms with Crippen LogP contribution in [0.15, 0.2) is 18.2 Å². The van der Waals surface area contributed by atoms with E-state index >= 15 is 0 Å². The van der Waals surface area contributed by atoms with Crippen LogP contribution in [0.3, 0.4) is 0 Å². The molecular weight excluding hydrogens is 226 g/mol. The second kappa shape index (κ2) is 6.99. The van der Waals surface area contributed by atoms with E-state index in [0.717, 1.165) is 29.8 Å². The molecule has 0 saturated heterocycles. The van der Waals surface area contributed by atoms with Crippen molar-refractivity contribution in [1.82, 2.24) is 15.4 Å². The van der Waals surface area contributed by atoms with E-state index in [9.17, 15) is 0 Å². The molecule has 2 rings (SSSR count). The van der Waals surface area contributed by atoms with Crippen LogP contribution in [0.5, 0.6) is 5.75 Å². The first-order valence-corrected chi connectivity index (χ1v) is 6.84. The highest BCUT2D eigenvalue weighted by atomic mass is 16.5. The number of fused-ring (bicyclic) bond motifs is 1. The first-order chi connectivity index (χ1) is 8.92. The lowest BCUT2D eigenvalue weighted by Gasteiger charge is -2.06. The Kier molecular flexibility index (Phi) is 5.00. The first-order valence-electron chi connectivity index (χ1n) is 6.84. The van der Waals surface area contributed by atoms with Crippen molar-refractivity contribution in [2.75, 3.05) is 6.61 Å². The standard InChI is InChI=1S/C14H21N3O/c1-2-3-4-5-6-7-11-18-13-10-8-9-12-14(13)16-17-15-12/h8-10H,2-7,11H2,1H3,(H,15,16,17). The van der Waals surface area contributed by atoms with Crippen LogP contribution >= 0.6 is 0 Å². The minimum atomic E-state index is 0.762. The van der Waals surface area contributed by atoms with Gasteiger partial charge < -0.3 is 4.74 Å². The molecule has 0 fully saturated rings. The molecule has 2 aromatic rings.